The predicted octanol–water partition coefficient (Wildman–Crippen LogP) is 3.10. The highest BCUT2D eigenvalue weighted by Crippen LogP contribution is 2.33. The van der Waals surface area contributed by atoms with Gasteiger partial charge in [-0.2, -0.15) is 0 Å². The molecule has 2 aromatic rings. The predicted molar refractivity (Wildman–Crippen MR) is 92.8 cm³/mol. The van der Waals surface area contributed by atoms with Gasteiger partial charge < -0.3 is 14.7 Å². The number of rotatable bonds is 5. The lowest BCUT2D eigenvalue weighted by Crippen LogP contribution is -2.31. The highest BCUT2D eigenvalue weighted by molar-refractivity contribution is 5.77. The fourth-order valence-electron chi connectivity index (χ4n) is 3.28. The number of aryl methyl sites for hydroxylation is 1. The molecule has 1 amide bonds. The monoisotopic (exact) mass is 343 g/mol. The molecule has 3 rings (SSSR count). The van der Waals surface area contributed by atoms with Crippen LogP contribution in [0.2, 0.25) is 0 Å². The fourth-order valence-corrected chi connectivity index (χ4v) is 3.28. The summed E-state index contributed by atoms with van der Waals surface area (Å²) in [5, 5.41) is 10.00. The van der Waals surface area contributed by atoms with Crippen molar-refractivity contribution in [2.45, 2.75) is 31.4 Å². The van der Waals surface area contributed by atoms with E-state index in [1.54, 1.807) is 24.1 Å². The molecular weight excluding hydrogens is 321 g/mol. The minimum absolute atomic E-state index is 0.00157. The van der Waals surface area contributed by atoms with Gasteiger partial charge in [0.15, 0.2) is 0 Å². The van der Waals surface area contributed by atoms with Crippen LogP contribution in [0.1, 0.15) is 30.0 Å². The summed E-state index contributed by atoms with van der Waals surface area (Å²) in [7, 11) is 1.62. The van der Waals surface area contributed by atoms with E-state index in [-0.39, 0.29) is 17.8 Å². The number of carbonyl (C=O) groups is 1. The normalized spacial score (nSPS) is 19.9. The van der Waals surface area contributed by atoms with E-state index in [0.717, 1.165) is 16.9 Å². The third-order valence-electron chi connectivity index (χ3n) is 4.64. The van der Waals surface area contributed by atoms with Crippen molar-refractivity contribution in [1.82, 2.24) is 4.90 Å². The average molecular weight is 343 g/mol. The number of likely N-dealkylation sites (tertiary alicyclic amines) is 1. The first kappa shape index (κ1) is 17.4. The summed E-state index contributed by atoms with van der Waals surface area (Å²) in [6, 6.07) is 13.6. The van der Waals surface area contributed by atoms with Crippen LogP contribution < -0.4 is 4.74 Å². The van der Waals surface area contributed by atoms with Crippen LogP contribution in [0.3, 0.4) is 0 Å². The van der Waals surface area contributed by atoms with Gasteiger partial charge in [-0.1, -0.05) is 24.3 Å². The van der Waals surface area contributed by atoms with Crippen molar-refractivity contribution in [2.24, 2.45) is 0 Å². The zero-order valence-electron chi connectivity index (χ0n) is 14.2. The van der Waals surface area contributed by atoms with E-state index in [4.69, 9.17) is 4.74 Å². The summed E-state index contributed by atoms with van der Waals surface area (Å²) in [5.74, 6) is 0.482. The Morgan fingerprint density at radius 1 is 1.20 bits per heavy atom. The Morgan fingerprint density at radius 3 is 2.52 bits per heavy atom. The third kappa shape index (κ3) is 4.17. The number of carbonyl (C=O) groups excluding carboxylic acids is 1. The number of methoxy groups -OCH3 is 1. The highest BCUT2D eigenvalue weighted by Gasteiger charge is 2.34. The molecule has 1 aliphatic rings. The van der Waals surface area contributed by atoms with Gasteiger partial charge in [0.1, 0.15) is 11.6 Å². The summed E-state index contributed by atoms with van der Waals surface area (Å²) in [4.78, 5) is 14.4. The van der Waals surface area contributed by atoms with Gasteiger partial charge in [-0.05, 0) is 48.2 Å². The van der Waals surface area contributed by atoms with Crippen molar-refractivity contribution in [3.05, 3.63) is 65.5 Å². The summed E-state index contributed by atoms with van der Waals surface area (Å²) < 4.78 is 18.3. The standard InChI is InChI=1S/C20H22FNO3/c1-25-18-9-2-14(3-10-18)4-11-20(24)22-13-17(23)12-19(22)15-5-7-16(21)8-6-15/h2-3,5-10,17,19,23H,4,11-13H2,1H3/t17-,19-/m0/s1. The van der Waals surface area contributed by atoms with Crippen molar-refractivity contribution >= 4 is 5.91 Å². The van der Waals surface area contributed by atoms with Crippen LogP contribution in [-0.4, -0.2) is 35.7 Å². The Morgan fingerprint density at radius 2 is 1.88 bits per heavy atom. The van der Waals surface area contributed by atoms with Crippen molar-refractivity contribution in [3.63, 3.8) is 0 Å². The van der Waals surface area contributed by atoms with Gasteiger partial charge in [-0.25, -0.2) is 4.39 Å². The molecule has 0 radical (unpaired) electrons. The third-order valence-corrected chi connectivity index (χ3v) is 4.64. The molecule has 0 aromatic heterocycles. The number of ether oxygens (including phenoxy) is 1. The van der Waals surface area contributed by atoms with Crippen LogP contribution in [-0.2, 0) is 11.2 Å². The van der Waals surface area contributed by atoms with Crippen LogP contribution in [0.25, 0.3) is 0 Å². The van der Waals surface area contributed by atoms with E-state index in [9.17, 15) is 14.3 Å². The second-order valence-corrected chi connectivity index (χ2v) is 6.35. The minimum Gasteiger partial charge on any atom is -0.497 e. The molecule has 4 nitrogen and oxygen atoms in total. The molecule has 0 unspecified atom stereocenters. The molecule has 2 aromatic carbocycles. The number of β-amino-alcohol motifs (C(OH)–C–C–N with tert-alkyl or cyclic N) is 1. The van der Waals surface area contributed by atoms with E-state index in [1.807, 2.05) is 24.3 Å². The molecule has 0 bridgehead atoms. The maximum absolute atomic E-state index is 13.1. The topological polar surface area (TPSA) is 49.8 Å². The Kier molecular flexibility index (Phi) is 5.34. The molecule has 1 aliphatic heterocycles. The minimum atomic E-state index is -0.542. The zero-order valence-corrected chi connectivity index (χ0v) is 14.2. The number of aliphatic hydroxyl groups excluding tert-OH is 1. The average Bonchev–Trinajstić information content (AvgIpc) is 3.02. The quantitative estimate of drug-likeness (QED) is 0.908. The Balaban J connectivity index is 1.65. The molecule has 0 saturated carbocycles. The van der Waals surface area contributed by atoms with E-state index >= 15 is 0 Å². The van der Waals surface area contributed by atoms with Crippen LogP contribution >= 0.6 is 0 Å². The lowest BCUT2D eigenvalue weighted by atomic mass is 10.0. The molecule has 25 heavy (non-hydrogen) atoms. The first-order valence-electron chi connectivity index (χ1n) is 8.42. The molecule has 1 heterocycles. The van der Waals surface area contributed by atoms with E-state index in [0.29, 0.717) is 25.8 Å². The first-order chi connectivity index (χ1) is 12.1. The second-order valence-electron chi connectivity index (χ2n) is 6.35. The van der Waals surface area contributed by atoms with Gasteiger partial charge in [0.2, 0.25) is 5.91 Å². The summed E-state index contributed by atoms with van der Waals surface area (Å²) in [6.07, 6.45) is 0.947. The van der Waals surface area contributed by atoms with Gasteiger partial charge in [0, 0.05) is 13.0 Å². The SMILES string of the molecule is COc1ccc(CCC(=O)N2C[C@@H](O)C[C@H]2c2ccc(F)cc2)cc1. The van der Waals surface area contributed by atoms with Crippen molar-refractivity contribution < 1.29 is 19.0 Å². The number of nitrogens with zero attached hydrogens (tertiary/aromatic N) is 1. The van der Waals surface area contributed by atoms with Crippen LogP contribution in [0.15, 0.2) is 48.5 Å². The molecule has 2 atom stereocenters. The smallest absolute Gasteiger partial charge is 0.223 e. The lowest BCUT2D eigenvalue weighted by molar-refractivity contribution is -0.132. The number of amides is 1. The van der Waals surface area contributed by atoms with Crippen LogP contribution in [0, 0.1) is 5.82 Å². The van der Waals surface area contributed by atoms with Gasteiger partial charge >= 0.3 is 0 Å². The van der Waals surface area contributed by atoms with Gasteiger partial charge in [0.25, 0.3) is 0 Å². The molecule has 1 N–H and O–H groups in total. The van der Waals surface area contributed by atoms with Gasteiger partial charge in [-0.3, -0.25) is 4.79 Å². The summed E-state index contributed by atoms with van der Waals surface area (Å²) >= 11 is 0. The molecule has 1 saturated heterocycles. The first-order valence-corrected chi connectivity index (χ1v) is 8.42. The highest BCUT2D eigenvalue weighted by atomic mass is 19.1. The molecule has 132 valence electrons. The molecular formula is C20H22FNO3. The summed E-state index contributed by atoms with van der Waals surface area (Å²) in [6.45, 7) is 0.323. The van der Waals surface area contributed by atoms with Crippen molar-refractivity contribution in [2.75, 3.05) is 13.7 Å². The zero-order chi connectivity index (χ0) is 17.8. The number of hydrogen-bond acceptors (Lipinski definition) is 3. The van der Waals surface area contributed by atoms with Crippen molar-refractivity contribution in [3.8, 4) is 5.75 Å². The molecule has 0 aliphatic carbocycles. The van der Waals surface area contributed by atoms with Crippen molar-refractivity contribution in [1.29, 1.82) is 0 Å². The van der Waals surface area contributed by atoms with E-state index in [1.165, 1.54) is 12.1 Å². The number of benzene rings is 2. The summed E-state index contributed by atoms with van der Waals surface area (Å²) in [5.41, 5.74) is 1.92. The Labute approximate surface area is 146 Å². The maximum Gasteiger partial charge on any atom is 0.223 e. The second kappa shape index (κ2) is 7.66. The van der Waals surface area contributed by atoms with Crippen LogP contribution in [0.4, 0.5) is 4.39 Å². The molecule has 1 fully saturated rings. The Bertz CT molecular complexity index is 715. The lowest BCUT2D eigenvalue weighted by Gasteiger charge is -2.25. The van der Waals surface area contributed by atoms with Crippen LogP contribution in [0.5, 0.6) is 5.75 Å². The van der Waals surface area contributed by atoms with Gasteiger partial charge in [-0.15, -0.1) is 0 Å². The molecule has 0 spiro atoms. The number of aliphatic hydroxyl groups is 1. The fraction of sp³-hybridized carbons (Fsp3) is 0.350. The number of halogens is 1. The number of hydrogen-bond donors (Lipinski definition) is 1. The van der Waals surface area contributed by atoms with E-state index < -0.39 is 6.10 Å². The maximum atomic E-state index is 13.1. The van der Waals surface area contributed by atoms with E-state index in [2.05, 4.69) is 0 Å². The largest absolute Gasteiger partial charge is 0.497 e. The molecule has 5 heteroatoms. The van der Waals surface area contributed by atoms with Gasteiger partial charge in [0.05, 0.1) is 19.3 Å². The Hall–Kier alpha value is -2.40.